The number of hydrogen-bond acceptors (Lipinski definition) is 2. The van der Waals surface area contributed by atoms with E-state index in [9.17, 15) is 4.79 Å². The molecule has 2 rings (SSSR count). The zero-order chi connectivity index (χ0) is 16.1. The number of hydrogen-bond donors (Lipinski definition) is 1. The first-order chi connectivity index (χ1) is 10.5. The smallest absolute Gasteiger partial charge is 0.328 e. The number of carboxylic acid groups (broad SMARTS) is 1. The van der Waals surface area contributed by atoms with Crippen LogP contribution in [0.15, 0.2) is 46.9 Å². The Bertz CT molecular complexity index is 729. The number of aliphatic carboxylic acids is 1. The van der Waals surface area contributed by atoms with Gasteiger partial charge in [0.2, 0.25) is 0 Å². The Labute approximate surface area is 146 Å². The molecule has 1 N–H and O–H groups in total. The molecule has 0 amide bonds. The number of benzene rings is 2. The summed E-state index contributed by atoms with van der Waals surface area (Å²) in [5.74, 6) is -0.354. The van der Waals surface area contributed by atoms with Crippen LogP contribution in [0.5, 0.6) is 5.75 Å². The maximum absolute atomic E-state index is 10.5. The van der Waals surface area contributed by atoms with E-state index in [2.05, 4.69) is 15.9 Å². The monoisotopic (exact) mass is 400 g/mol. The first-order valence-electron chi connectivity index (χ1n) is 6.23. The largest absolute Gasteiger partial charge is 0.488 e. The van der Waals surface area contributed by atoms with E-state index >= 15 is 0 Å². The van der Waals surface area contributed by atoms with Gasteiger partial charge < -0.3 is 9.84 Å². The highest BCUT2D eigenvalue weighted by Gasteiger charge is 2.05. The zero-order valence-corrected chi connectivity index (χ0v) is 14.3. The minimum absolute atomic E-state index is 0.304. The van der Waals surface area contributed by atoms with E-state index in [4.69, 9.17) is 33.0 Å². The molecule has 0 saturated heterocycles. The molecular formula is C16H11BrCl2O3. The second kappa shape index (κ2) is 7.68. The summed E-state index contributed by atoms with van der Waals surface area (Å²) in [7, 11) is 0. The highest BCUT2D eigenvalue weighted by Crippen LogP contribution is 2.28. The van der Waals surface area contributed by atoms with Crippen molar-refractivity contribution in [1.82, 2.24) is 0 Å². The summed E-state index contributed by atoms with van der Waals surface area (Å²) in [5.41, 5.74) is 1.58. The molecule has 0 bridgehead atoms. The maximum atomic E-state index is 10.5. The van der Waals surface area contributed by atoms with E-state index in [0.29, 0.717) is 22.4 Å². The molecule has 0 atom stereocenters. The minimum atomic E-state index is -0.992. The van der Waals surface area contributed by atoms with Crippen molar-refractivity contribution in [3.63, 3.8) is 0 Å². The van der Waals surface area contributed by atoms with Crippen LogP contribution in [0.2, 0.25) is 10.0 Å². The highest BCUT2D eigenvalue weighted by atomic mass is 79.9. The summed E-state index contributed by atoms with van der Waals surface area (Å²) in [6.45, 7) is 0.304. The van der Waals surface area contributed by atoms with Gasteiger partial charge in [-0.3, -0.25) is 0 Å². The van der Waals surface area contributed by atoms with Crippen molar-refractivity contribution in [2.45, 2.75) is 6.61 Å². The number of carboxylic acids is 1. The molecule has 0 fully saturated rings. The average molecular weight is 402 g/mol. The van der Waals surface area contributed by atoms with E-state index in [1.807, 2.05) is 6.07 Å². The lowest BCUT2D eigenvalue weighted by Crippen LogP contribution is -1.97. The van der Waals surface area contributed by atoms with Gasteiger partial charge in [-0.05, 0) is 51.8 Å². The molecule has 0 spiro atoms. The Morgan fingerprint density at radius 1 is 1.23 bits per heavy atom. The third kappa shape index (κ3) is 4.77. The highest BCUT2D eigenvalue weighted by molar-refractivity contribution is 9.10. The molecule has 0 aliphatic rings. The molecule has 0 heterocycles. The predicted octanol–water partition coefficient (Wildman–Crippen LogP) is 5.43. The molecule has 0 unspecified atom stereocenters. The first-order valence-corrected chi connectivity index (χ1v) is 7.78. The van der Waals surface area contributed by atoms with Gasteiger partial charge in [0, 0.05) is 21.7 Å². The molecule has 0 saturated carbocycles. The van der Waals surface area contributed by atoms with Gasteiger partial charge in [0.05, 0.1) is 4.47 Å². The Morgan fingerprint density at radius 2 is 2.00 bits per heavy atom. The van der Waals surface area contributed by atoms with Gasteiger partial charge in [0.15, 0.2) is 0 Å². The first kappa shape index (κ1) is 16.9. The van der Waals surface area contributed by atoms with Gasteiger partial charge in [-0.25, -0.2) is 4.79 Å². The van der Waals surface area contributed by atoms with E-state index in [1.165, 1.54) is 6.08 Å². The van der Waals surface area contributed by atoms with Crippen LogP contribution in [0.4, 0.5) is 0 Å². The fourth-order valence-electron chi connectivity index (χ4n) is 1.70. The molecule has 114 valence electrons. The SMILES string of the molecule is O=C(O)C=Cc1ccc(OCc2ccc(Cl)cc2Cl)c(Br)c1. The second-order valence-electron chi connectivity index (χ2n) is 4.39. The molecule has 6 heteroatoms. The second-order valence-corrected chi connectivity index (χ2v) is 6.08. The molecule has 0 radical (unpaired) electrons. The predicted molar refractivity (Wildman–Crippen MR) is 91.6 cm³/mol. The van der Waals surface area contributed by atoms with Gasteiger partial charge in [-0.1, -0.05) is 35.3 Å². The van der Waals surface area contributed by atoms with Crippen LogP contribution in [-0.2, 0) is 11.4 Å². The van der Waals surface area contributed by atoms with Crippen molar-refractivity contribution in [3.8, 4) is 5.75 Å². The van der Waals surface area contributed by atoms with Gasteiger partial charge in [0.25, 0.3) is 0 Å². The Kier molecular flexibility index (Phi) is 5.89. The third-order valence-corrected chi connectivity index (χ3v) is 3.98. The van der Waals surface area contributed by atoms with E-state index in [0.717, 1.165) is 21.7 Å². The third-order valence-electron chi connectivity index (χ3n) is 2.77. The van der Waals surface area contributed by atoms with Crippen molar-refractivity contribution < 1.29 is 14.6 Å². The fourth-order valence-corrected chi connectivity index (χ4v) is 2.67. The fraction of sp³-hybridized carbons (Fsp3) is 0.0625. The topological polar surface area (TPSA) is 46.5 Å². The summed E-state index contributed by atoms with van der Waals surface area (Å²) < 4.78 is 6.44. The standard InChI is InChI=1S/C16H11BrCl2O3/c17-13-7-10(2-6-16(20)21)1-5-15(13)22-9-11-3-4-12(18)8-14(11)19/h1-8H,9H2,(H,20,21). The zero-order valence-electron chi connectivity index (χ0n) is 11.2. The van der Waals surface area contributed by atoms with Crippen molar-refractivity contribution in [2.24, 2.45) is 0 Å². The molecule has 0 aliphatic carbocycles. The normalized spacial score (nSPS) is 10.9. The Hall–Kier alpha value is -1.49. The van der Waals surface area contributed by atoms with Crippen LogP contribution in [0.1, 0.15) is 11.1 Å². The van der Waals surface area contributed by atoms with Crippen molar-refractivity contribution in [2.75, 3.05) is 0 Å². The summed E-state index contributed by atoms with van der Waals surface area (Å²) in [4.78, 5) is 10.5. The minimum Gasteiger partial charge on any atom is -0.488 e. The number of ether oxygens (including phenoxy) is 1. The van der Waals surface area contributed by atoms with Gasteiger partial charge in [0.1, 0.15) is 12.4 Å². The Morgan fingerprint density at radius 3 is 2.64 bits per heavy atom. The molecule has 0 aliphatic heterocycles. The van der Waals surface area contributed by atoms with Crippen LogP contribution >= 0.6 is 39.1 Å². The van der Waals surface area contributed by atoms with Gasteiger partial charge in [-0.15, -0.1) is 0 Å². The van der Waals surface area contributed by atoms with Crippen molar-refractivity contribution in [1.29, 1.82) is 0 Å². The number of halogens is 3. The molecule has 0 aromatic heterocycles. The molecule has 2 aromatic carbocycles. The average Bonchev–Trinajstić information content (AvgIpc) is 2.45. The van der Waals surface area contributed by atoms with E-state index in [-0.39, 0.29) is 0 Å². The molecule has 2 aromatic rings. The van der Waals surface area contributed by atoms with Crippen LogP contribution in [0, 0.1) is 0 Å². The van der Waals surface area contributed by atoms with Crippen LogP contribution < -0.4 is 4.74 Å². The van der Waals surface area contributed by atoms with E-state index in [1.54, 1.807) is 30.3 Å². The summed E-state index contributed by atoms with van der Waals surface area (Å²) in [5, 5.41) is 9.73. The summed E-state index contributed by atoms with van der Waals surface area (Å²) in [6, 6.07) is 10.5. The maximum Gasteiger partial charge on any atom is 0.328 e. The Balaban J connectivity index is 2.08. The van der Waals surface area contributed by atoms with Gasteiger partial charge in [-0.2, -0.15) is 0 Å². The quantitative estimate of drug-likeness (QED) is 0.679. The molecule has 22 heavy (non-hydrogen) atoms. The summed E-state index contributed by atoms with van der Waals surface area (Å²) >= 11 is 15.3. The van der Waals surface area contributed by atoms with Crippen LogP contribution in [0.3, 0.4) is 0 Å². The molecule has 3 nitrogen and oxygen atoms in total. The van der Waals surface area contributed by atoms with Gasteiger partial charge >= 0.3 is 5.97 Å². The van der Waals surface area contributed by atoms with Crippen molar-refractivity contribution in [3.05, 3.63) is 68.1 Å². The van der Waals surface area contributed by atoms with Crippen LogP contribution in [-0.4, -0.2) is 11.1 Å². The number of rotatable bonds is 5. The summed E-state index contributed by atoms with van der Waals surface area (Å²) in [6.07, 6.45) is 2.59. The lowest BCUT2D eigenvalue weighted by molar-refractivity contribution is -0.131. The lowest BCUT2D eigenvalue weighted by atomic mass is 10.2. The van der Waals surface area contributed by atoms with Crippen LogP contribution in [0.25, 0.3) is 6.08 Å². The van der Waals surface area contributed by atoms with Crippen molar-refractivity contribution >= 4 is 51.2 Å². The lowest BCUT2D eigenvalue weighted by Gasteiger charge is -2.10. The van der Waals surface area contributed by atoms with E-state index < -0.39 is 5.97 Å². The number of carbonyl (C=O) groups is 1. The molecular weight excluding hydrogens is 391 g/mol.